The summed E-state index contributed by atoms with van der Waals surface area (Å²) in [6.07, 6.45) is 3.20. The molecule has 0 radical (unpaired) electrons. The largest absolute Gasteiger partial charge is 0.507 e. The van der Waals surface area contributed by atoms with Gasteiger partial charge in [0.15, 0.2) is 0 Å². The Morgan fingerprint density at radius 2 is 1.91 bits per heavy atom. The van der Waals surface area contributed by atoms with E-state index < -0.39 is 17.7 Å². The van der Waals surface area contributed by atoms with Crippen LogP contribution in [-0.2, 0) is 9.59 Å². The van der Waals surface area contributed by atoms with E-state index in [0.29, 0.717) is 33.1 Å². The molecule has 1 unspecified atom stereocenters. The van der Waals surface area contributed by atoms with E-state index in [1.807, 2.05) is 13.8 Å². The molecule has 1 aliphatic rings. The maximum absolute atomic E-state index is 13.3. The van der Waals surface area contributed by atoms with Crippen LogP contribution in [0.5, 0.6) is 5.75 Å². The van der Waals surface area contributed by atoms with Gasteiger partial charge in [0, 0.05) is 28.7 Å². The quantitative estimate of drug-likeness (QED) is 0.286. The summed E-state index contributed by atoms with van der Waals surface area (Å²) in [5.74, 6) is -0.955. The van der Waals surface area contributed by atoms with Crippen LogP contribution >= 0.6 is 11.6 Å². The van der Waals surface area contributed by atoms with Gasteiger partial charge in [-0.15, -0.1) is 0 Å². The van der Waals surface area contributed by atoms with Crippen molar-refractivity contribution in [1.29, 1.82) is 0 Å². The number of nitrogens with zero attached hydrogens (tertiary/aromatic N) is 2. The molecule has 6 nitrogen and oxygen atoms in total. The third kappa shape index (κ3) is 3.94. The highest BCUT2D eigenvalue weighted by atomic mass is 35.5. The molecule has 7 heteroatoms. The van der Waals surface area contributed by atoms with E-state index in [9.17, 15) is 14.7 Å². The van der Waals surface area contributed by atoms with Gasteiger partial charge in [0.25, 0.3) is 11.7 Å². The van der Waals surface area contributed by atoms with Crippen LogP contribution in [0.25, 0.3) is 5.76 Å². The number of aromatic nitrogens is 1. The summed E-state index contributed by atoms with van der Waals surface area (Å²) in [6, 6.07) is 13.0. The van der Waals surface area contributed by atoms with Gasteiger partial charge in [0.2, 0.25) is 0 Å². The number of rotatable bonds is 5. The van der Waals surface area contributed by atoms with Gasteiger partial charge < -0.3 is 9.84 Å². The van der Waals surface area contributed by atoms with E-state index >= 15 is 0 Å². The molecule has 0 spiro atoms. The first-order valence-corrected chi connectivity index (χ1v) is 11.3. The van der Waals surface area contributed by atoms with Crippen molar-refractivity contribution in [2.75, 3.05) is 12.0 Å². The van der Waals surface area contributed by atoms with Crippen molar-refractivity contribution in [3.05, 3.63) is 93.8 Å². The average Bonchev–Trinajstić information content (AvgIpc) is 3.10. The Bertz CT molecular complexity index is 1300. The summed E-state index contributed by atoms with van der Waals surface area (Å²) in [5, 5.41) is 11.9. The Morgan fingerprint density at radius 1 is 1.15 bits per heavy atom. The first-order chi connectivity index (χ1) is 16.3. The fourth-order valence-electron chi connectivity index (χ4n) is 4.28. The molecule has 1 saturated heterocycles. The number of halogens is 1. The van der Waals surface area contributed by atoms with Gasteiger partial charge in [-0.1, -0.05) is 37.6 Å². The maximum atomic E-state index is 13.3. The Hall–Kier alpha value is -3.64. The Labute approximate surface area is 203 Å². The number of ether oxygens (including phenoxy) is 1. The van der Waals surface area contributed by atoms with Crippen LogP contribution in [-0.4, -0.2) is 28.9 Å². The van der Waals surface area contributed by atoms with E-state index in [1.165, 1.54) is 4.90 Å². The van der Waals surface area contributed by atoms with Gasteiger partial charge in [-0.25, -0.2) is 0 Å². The molecule has 3 aromatic rings. The lowest BCUT2D eigenvalue weighted by molar-refractivity contribution is -0.132. The van der Waals surface area contributed by atoms with E-state index in [1.54, 1.807) is 75.0 Å². The molecule has 34 heavy (non-hydrogen) atoms. The van der Waals surface area contributed by atoms with Crippen molar-refractivity contribution in [2.45, 2.75) is 32.7 Å². The van der Waals surface area contributed by atoms with Crippen molar-refractivity contribution < 1.29 is 19.4 Å². The Kier molecular flexibility index (Phi) is 6.44. The smallest absolute Gasteiger partial charge is 0.300 e. The van der Waals surface area contributed by atoms with Crippen LogP contribution in [0.3, 0.4) is 0 Å². The summed E-state index contributed by atoms with van der Waals surface area (Å²) in [4.78, 5) is 32.2. The van der Waals surface area contributed by atoms with Gasteiger partial charge in [-0.2, -0.15) is 0 Å². The minimum absolute atomic E-state index is 0.00255. The highest BCUT2D eigenvalue weighted by Crippen LogP contribution is 2.44. The van der Waals surface area contributed by atoms with Crippen molar-refractivity contribution in [3.63, 3.8) is 0 Å². The number of methoxy groups -OCH3 is 1. The summed E-state index contributed by atoms with van der Waals surface area (Å²) in [7, 11) is 1.59. The van der Waals surface area contributed by atoms with Gasteiger partial charge >= 0.3 is 0 Å². The number of benzene rings is 2. The normalized spacial score (nSPS) is 17.5. The zero-order chi connectivity index (χ0) is 24.6. The van der Waals surface area contributed by atoms with E-state index in [2.05, 4.69) is 4.98 Å². The van der Waals surface area contributed by atoms with Gasteiger partial charge in [-0.05, 0) is 65.9 Å². The predicted molar refractivity (Wildman–Crippen MR) is 132 cm³/mol. The Morgan fingerprint density at radius 3 is 2.56 bits per heavy atom. The van der Waals surface area contributed by atoms with E-state index in [0.717, 1.165) is 5.56 Å². The summed E-state index contributed by atoms with van der Waals surface area (Å²) in [5.41, 5.74) is 3.06. The lowest BCUT2D eigenvalue weighted by atomic mass is 9.93. The Balaban J connectivity index is 1.97. The molecule has 1 aliphatic heterocycles. The first-order valence-electron chi connectivity index (χ1n) is 10.9. The van der Waals surface area contributed by atoms with Gasteiger partial charge in [0.1, 0.15) is 11.5 Å². The number of hydrogen-bond acceptors (Lipinski definition) is 5. The molecule has 1 amide bonds. The lowest BCUT2D eigenvalue weighted by Crippen LogP contribution is -2.30. The summed E-state index contributed by atoms with van der Waals surface area (Å²) in [6.45, 7) is 5.81. The molecule has 1 fully saturated rings. The van der Waals surface area contributed by atoms with Crippen LogP contribution in [0.4, 0.5) is 5.69 Å². The zero-order valence-corrected chi connectivity index (χ0v) is 20.1. The fourth-order valence-corrected chi connectivity index (χ4v) is 4.45. The second-order valence-electron chi connectivity index (χ2n) is 8.45. The second-order valence-corrected chi connectivity index (χ2v) is 8.86. The highest BCUT2D eigenvalue weighted by Gasteiger charge is 2.47. The molecule has 2 aromatic carbocycles. The minimum Gasteiger partial charge on any atom is -0.507 e. The SMILES string of the molecule is COc1ccc(/C(O)=C2\C(=O)C(=O)N(c3cccc(Cl)c3C)C2c2cccnc2)cc1C(C)C. The van der Waals surface area contributed by atoms with Crippen LogP contribution in [0, 0.1) is 6.92 Å². The number of ketones is 1. The molecule has 1 aromatic heterocycles. The molecule has 4 rings (SSSR count). The second kappa shape index (κ2) is 9.31. The highest BCUT2D eigenvalue weighted by molar-refractivity contribution is 6.52. The fraction of sp³-hybridized carbons (Fsp3) is 0.222. The number of aliphatic hydroxyl groups excluding tert-OH is 1. The monoisotopic (exact) mass is 476 g/mol. The molecule has 0 aliphatic carbocycles. The van der Waals surface area contributed by atoms with Crippen LogP contribution in [0.1, 0.15) is 48.1 Å². The lowest BCUT2D eigenvalue weighted by Gasteiger charge is -2.27. The predicted octanol–water partition coefficient (Wildman–Crippen LogP) is 5.80. The molecule has 0 bridgehead atoms. The van der Waals surface area contributed by atoms with Crippen molar-refractivity contribution >= 4 is 34.7 Å². The molecule has 174 valence electrons. The van der Waals surface area contributed by atoms with E-state index in [4.69, 9.17) is 16.3 Å². The number of amides is 1. The van der Waals surface area contributed by atoms with Gasteiger partial charge in [0.05, 0.1) is 18.7 Å². The van der Waals surface area contributed by atoms with Crippen LogP contribution in [0.15, 0.2) is 66.5 Å². The molecule has 0 saturated carbocycles. The minimum atomic E-state index is -0.865. The molecule has 2 heterocycles. The van der Waals surface area contributed by atoms with E-state index in [-0.39, 0.29) is 17.3 Å². The molecular weight excluding hydrogens is 452 g/mol. The standard InChI is InChI=1S/C27H25ClN2O4/c1-15(2)19-13-17(10-11-22(19)34-4)25(31)23-24(18-7-6-12-29-14-18)30(27(33)26(23)32)21-9-5-8-20(28)16(21)3/h5-15,24,31H,1-4H3/b25-23+. The molecular formula is C27H25ClN2O4. The number of aliphatic hydroxyl groups is 1. The third-order valence-corrected chi connectivity index (χ3v) is 6.48. The molecule has 1 atom stereocenters. The number of pyridine rings is 1. The van der Waals surface area contributed by atoms with Gasteiger partial charge in [-0.3, -0.25) is 19.5 Å². The number of carbonyl (C=O) groups is 2. The third-order valence-electron chi connectivity index (χ3n) is 6.07. The maximum Gasteiger partial charge on any atom is 0.300 e. The summed E-state index contributed by atoms with van der Waals surface area (Å²) < 4.78 is 5.45. The van der Waals surface area contributed by atoms with Crippen molar-refractivity contribution in [2.24, 2.45) is 0 Å². The zero-order valence-electron chi connectivity index (χ0n) is 19.4. The van der Waals surface area contributed by atoms with Crippen LogP contribution in [0.2, 0.25) is 5.02 Å². The van der Waals surface area contributed by atoms with Crippen molar-refractivity contribution in [1.82, 2.24) is 4.98 Å². The van der Waals surface area contributed by atoms with Crippen molar-refractivity contribution in [3.8, 4) is 5.75 Å². The topological polar surface area (TPSA) is 79.7 Å². The molecule has 1 N–H and O–H groups in total. The summed E-state index contributed by atoms with van der Waals surface area (Å²) >= 11 is 6.33. The number of anilines is 1. The van der Waals surface area contributed by atoms with Crippen LogP contribution < -0.4 is 9.64 Å². The number of Topliss-reactive ketones (excluding diaryl/α,β-unsaturated/α-hetero) is 1. The average molecular weight is 477 g/mol. The first kappa shape index (κ1) is 23.5. The number of carbonyl (C=O) groups excluding carboxylic acids is 2. The number of hydrogen-bond donors (Lipinski definition) is 1.